The van der Waals surface area contributed by atoms with Crippen LogP contribution in [0.2, 0.25) is 0 Å². The minimum atomic E-state index is -0.741. The number of carboxylic acids is 1. The molecule has 146 valence electrons. The van der Waals surface area contributed by atoms with Crippen LogP contribution in [0, 0.1) is 0 Å². The minimum absolute atomic E-state index is 0.155. The summed E-state index contributed by atoms with van der Waals surface area (Å²) in [5.74, 6) is -0.586. The molecule has 25 heavy (non-hydrogen) atoms. The van der Waals surface area contributed by atoms with Crippen molar-refractivity contribution in [3.63, 3.8) is 0 Å². The van der Waals surface area contributed by atoms with Crippen LogP contribution in [-0.2, 0) is 9.59 Å². The largest absolute Gasteiger partial charge is 0.481 e. The van der Waals surface area contributed by atoms with Gasteiger partial charge in [0.2, 0.25) is 5.91 Å². The second-order valence-corrected chi connectivity index (χ2v) is 6.76. The number of carbonyl (C=O) groups is 2. The second kappa shape index (κ2) is 16.1. The van der Waals surface area contributed by atoms with Crippen LogP contribution in [0.4, 0.5) is 0 Å². The van der Waals surface area contributed by atoms with Crippen LogP contribution in [0.25, 0.3) is 0 Å². The van der Waals surface area contributed by atoms with Crippen molar-refractivity contribution in [3.8, 4) is 0 Å². The van der Waals surface area contributed by atoms with Crippen LogP contribution < -0.4 is 0 Å². The molecule has 5 heteroatoms. The average Bonchev–Trinajstić information content (AvgIpc) is 2.57. The first kappa shape index (κ1) is 23.6. The molecular formula is C20H37NO4. The summed E-state index contributed by atoms with van der Waals surface area (Å²) in [6.07, 6.45) is 13.6. The molecule has 0 bridgehead atoms. The van der Waals surface area contributed by atoms with Gasteiger partial charge in [0.25, 0.3) is 0 Å². The molecule has 0 spiro atoms. The average molecular weight is 356 g/mol. The zero-order valence-electron chi connectivity index (χ0n) is 16.1. The monoisotopic (exact) mass is 355 g/mol. The maximum absolute atomic E-state index is 12.0. The van der Waals surface area contributed by atoms with E-state index in [1.54, 1.807) is 4.90 Å². The van der Waals surface area contributed by atoms with Crippen LogP contribution in [0.5, 0.6) is 0 Å². The molecule has 0 rings (SSSR count). The molecule has 0 radical (unpaired) electrons. The minimum Gasteiger partial charge on any atom is -0.481 e. The normalized spacial score (nSPS) is 12.4. The van der Waals surface area contributed by atoms with E-state index in [9.17, 15) is 14.7 Å². The van der Waals surface area contributed by atoms with Gasteiger partial charge in [-0.1, -0.05) is 51.2 Å². The smallest absolute Gasteiger partial charge is 0.303 e. The fourth-order valence-corrected chi connectivity index (χ4v) is 2.62. The molecule has 0 aromatic carbocycles. The maximum Gasteiger partial charge on any atom is 0.303 e. The van der Waals surface area contributed by atoms with Gasteiger partial charge in [-0.3, -0.25) is 9.59 Å². The highest BCUT2D eigenvalue weighted by Crippen LogP contribution is 2.08. The molecule has 0 aliphatic heterocycles. The molecule has 0 aliphatic rings. The Bertz CT molecular complexity index is 382. The van der Waals surface area contributed by atoms with E-state index in [2.05, 4.69) is 6.92 Å². The molecule has 0 aliphatic carbocycles. The standard InChI is InChI=1S/C20H37NO4/c1-3-4-8-13-18(22)14-9-7-10-15-19(23)21(2)17-12-6-5-11-16-20(24)25/h9,14,18,22H,3-8,10-13,15-17H2,1-2H3,(H,24,25)/b14-9+/t18-/m1/s1. The molecular weight excluding hydrogens is 318 g/mol. The fourth-order valence-electron chi connectivity index (χ4n) is 2.62. The lowest BCUT2D eigenvalue weighted by atomic mass is 10.1. The number of carboxylic acid groups (broad SMARTS) is 1. The summed E-state index contributed by atoms with van der Waals surface area (Å²) < 4.78 is 0. The van der Waals surface area contributed by atoms with Crippen LogP contribution in [0.1, 0.15) is 84.0 Å². The maximum atomic E-state index is 12.0. The molecule has 0 fully saturated rings. The summed E-state index contributed by atoms with van der Waals surface area (Å²) in [4.78, 5) is 24.2. The van der Waals surface area contributed by atoms with Crippen LogP contribution in [0.15, 0.2) is 12.2 Å². The van der Waals surface area contributed by atoms with E-state index >= 15 is 0 Å². The Kier molecular flexibility index (Phi) is 15.2. The summed E-state index contributed by atoms with van der Waals surface area (Å²) in [6, 6.07) is 0. The van der Waals surface area contributed by atoms with E-state index in [4.69, 9.17) is 5.11 Å². The van der Waals surface area contributed by atoms with Crippen molar-refractivity contribution in [2.45, 2.75) is 90.1 Å². The molecule has 0 saturated carbocycles. The predicted octanol–water partition coefficient (Wildman–Crippen LogP) is 4.15. The third-order valence-electron chi connectivity index (χ3n) is 4.28. The molecule has 1 amide bonds. The molecule has 2 N–H and O–H groups in total. The van der Waals surface area contributed by atoms with Crippen molar-refractivity contribution in [3.05, 3.63) is 12.2 Å². The van der Waals surface area contributed by atoms with E-state index in [0.29, 0.717) is 12.8 Å². The van der Waals surface area contributed by atoms with Gasteiger partial charge < -0.3 is 15.1 Å². The van der Waals surface area contributed by atoms with E-state index < -0.39 is 5.97 Å². The summed E-state index contributed by atoms with van der Waals surface area (Å²) in [6.45, 7) is 2.88. The highest BCUT2D eigenvalue weighted by atomic mass is 16.4. The number of aliphatic hydroxyl groups excluding tert-OH is 1. The summed E-state index contributed by atoms with van der Waals surface area (Å²) in [5.41, 5.74) is 0. The Morgan fingerprint density at radius 2 is 1.72 bits per heavy atom. The molecule has 0 unspecified atom stereocenters. The SMILES string of the molecule is CCCCC[C@@H](O)/C=C/CCCC(=O)N(C)CCCCCCC(=O)O. The summed E-state index contributed by atoms with van der Waals surface area (Å²) in [5, 5.41) is 18.3. The van der Waals surface area contributed by atoms with Crippen molar-refractivity contribution in [2.75, 3.05) is 13.6 Å². The number of nitrogens with zero attached hydrogens (tertiary/aromatic N) is 1. The third kappa shape index (κ3) is 15.9. The van der Waals surface area contributed by atoms with Gasteiger partial charge in [-0.2, -0.15) is 0 Å². The fraction of sp³-hybridized carbons (Fsp3) is 0.800. The van der Waals surface area contributed by atoms with Gasteiger partial charge in [0.15, 0.2) is 0 Å². The predicted molar refractivity (Wildman–Crippen MR) is 101 cm³/mol. The number of unbranched alkanes of at least 4 members (excludes halogenated alkanes) is 6. The lowest BCUT2D eigenvalue weighted by molar-refractivity contribution is -0.137. The Balaban J connectivity index is 3.62. The number of rotatable bonds is 16. The topological polar surface area (TPSA) is 77.8 Å². The number of carbonyl (C=O) groups excluding carboxylic acids is 1. The molecule has 0 heterocycles. The number of aliphatic carboxylic acids is 1. The van der Waals surface area contributed by atoms with Crippen LogP contribution in [-0.4, -0.2) is 46.7 Å². The van der Waals surface area contributed by atoms with Crippen molar-refractivity contribution >= 4 is 11.9 Å². The van der Waals surface area contributed by atoms with Gasteiger partial charge in [0.05, 0.1) is 6.10 Å². The highest BCUT2D eigenvalue weighted by Gasteiger charge is 2.07. The zero-order valence-corrected chi connectivity index (χ0v) is 16.1. The Morgan fingerprint density at radius 1 is 1.00 bits per heavy atom. The molecule has 0 aromatic heterocycles. The van der Waals surface area contributed by atoms with E-state index in [0.717, 1.165) is 64.3 Å². The number of hydrogen-bond donors (Lipinski definition) is 2. The highest BCUT2D eigenvalue weighted by molar-refractivity contribution is 5.75. The first-order valence-corrected chi connectivity index (χ1v) is 9.77. The summed E-state index contributed by atoms with van der Waals surface area (Å²) in [7, 11) is 1.83. The van der Waals surface area contributed by atoms with Gasteiger partial charge in [0, 0.05) is 26.4 Å². The van der Waals surface area contributed by atoms with Crippen molar-refractivity contribution in [1.29, 1.82) is 0 Å². The first-order chi connectivity index (χ1) is 12.0. The van der Waals surface area contributed by atoms with Crippen LogP contribution in [0.3, 0.4) is 0 Å². The van der Waals surface area contributed by atoms with Gasteiger partial charge >= 0.3 is 5.97 Å². The molecule has 0 saturated heterocycles. The van der Waals surface area contributed by atoms with Gasteiger partial charge in [-0.15, -0.1) is 0 Å². The molecule has 1 atom stereocenters. The number of allylic oxidation sites excluding steroid dienone is 1. The second-order valence-electron chi connectivity index (χ2n) is 6.76. The van der Waals surface area contributed by atoms with E-state index in [-0.39, 0.29) is 18.4 Å². The lowest BCUT2D eigenvalue weighted by Crippen LogP contribution is -2.27. The Hall–Kier alpha value is -1.36. The van der Waals surface area contributed by atoms with E-state index in [1.165, 1.54) is 0 Å². The van der Waals surface area contributed by atoms with Crippen molar-refractivity contribution < 1.29 is 19.8 Å². The lowest BCUT2D eigenvalue weighted by Gasteiger charge is -2.16. The quantitative estimate of drug-likeness (QED) is 0.322. The Labute approximate surface area is 153 Å². The van der Waals surface area contributed by atoms with Crippen molar-refractivity contribution in [2.24, 2.45) is 0 Å². The third-order valence-corrected chi connectivity index (χ3v) is 4.28. The van der Waals surface area contributed by atoms with Gasteiger partial charge in [-0.05, 0) is 32.1 Å². The van der Waals surface area contributed by atoms with Gasteiger partial charge in [-0.25, -0.2) is 0 Å². The van der Waals surface area contributed by atoms with Crippen LogP contribution >= 0.6 is 0 Å². The Morgan fingerprint density at radius 3 is 2.40 bits per heavy atom. The van der Waals surface area contributed by atoms with Gasteiger partial charge in [0.1, 0.15) is 0 Å². The molecule has 0 aromatic rings. The number of hydrogen-bond acceptors (Lipinski definition) is 3. The van der Waals surface area contributed by atoms with E-state index in [1.807, 2.05) is 19.2 Å². The first-order valence-electron chi connectivity index (χ1n) is 9.77. The summed E-state index contributed by atoms with van der Waals surface area (Å²) >= 11 is 0. The molecule has 5 nitrogen and oxygen atoms in total. The number of amides is 1. The van der Waals surface area contributed by atoms with Crippen molar-refractivity contribution in [1.82, 2.24) is 4.90 Å². The number of aliphatic hydroxyl groups is 1. The zero-order chi connectivity index (χ0) is 18.9.